The van der Waals surface area contributed by atoms with E-state index in [1.54, 1.807) is 0 Å². The first-order valence-electron chi connectivity index (χ1n) is 6.95. The molecule has 3 N–H and O–H groups in total. The Morgan fingerprint density at radius 2 is 2.05 bits per heavy atom. The van der Waals surface area contributed by atoms with Crippen molar-refractivity contribution in [2.75, 3.05) is 19.8 Å². The third-order valence-electron chi connectivity index (χ3n) is 3.54. The number of amides is 1. The predicted octanol–water partition coefficient (Wildman–Crippen LogP) is 0.880. The molecule has 1 saturated heterocycles. The fourth-order valence-corrected chi connectivity index (χ4v) is 2.82. The molecule has 0 radical (unpaired) electrons. The minimum Gasteiger partial charge on any atom is -0.381 e. The molecule has 0 aromatic heterocycles. The fraction of sp³-hybridized carbons (Fsp3) is 0.500. The number of carbonyl (C=O) groups excluding carboxylic acids is 1. The van der Waals surface area contributed by atoms with E-state index >= 15 is 0 Å². The lowest BCUT2D eigenvalue weighted by Crippen LogP contribution is -2.25. The van der Waals surface area contributed by atoms with Crippen LogP contribution in [0.4, 0.5) is 0 Å². The van der Waals surface area contributed by atoms with Crippen LogP contribution in [0.1, 0.15) is 29.6 Å². The van der Waals surface area contributed by atoms with Crippen molar-refractivity contribution < 1.29 is 17.9 Å². The van der Waals surface area contributed by atoms with Crippen molar-refractivity contribution in [2.24, 2.45) is 11.1 Å². The molecule has 0 saturated carbocycles. The maximum absolute atomic E-state index is 11.9. The highest BCUT2D eigenvalue weighted by Gasteiger charge is 2.15. The van der Waals surface area contributed by atoms with Crippen LogP contribution in [0.3, 0.4) is 0 Å². The summed E-state index contributed by atoms with van der Waals surface area (Å²) in [6, 6.07) is 5.58. The first-order valence-corrected chi connectivity index (χ1v) is 8.50. The summed E-state index contributed by atoms with van der Waals surface area (Å²) in [5.74, 6) is 0.398. The van der Waals surface area contributed by atoms with Crippen LogP contribution in [0.5, 0.6) is 0 Å². The number of ether oxygens (including phenoxy) is 1. The fourth-order valence-electron chi connectivity index (χ4n) is 2.30. The molecule has 1 atom stereocenters. The van der Waals surface area contributed by atoms with Crippen molar-refractivity contribution in [2.45, 2.75) is 24.2 Å². The van der Waals surface area contributed by atoms with Crippen LogP contribution in [-0.4, -0.2) is 34.1 Å². The van der Waals surface area contributed by atoms with Gasteiger partial charge in [-0.1, -0.05) is 0 Å². The van der Waals surface area contributed by atoms with Gasteiger partial charge >= 0.3 is 0 Å². The Hall–Kier alpha value is -1.44. The van der Waals surface area contributed by atoms with Gasteiger partial charge in [-0.15, -0.1) is 0 Å². The number of rotatable bonds is 6. The average molecular weight is 312 g/mol. The molecule has 1 fully saturated rings. The smallest absolute Gasteiger partial charge is 0.251 e. The molecule has 1 heterocycles. The highest BCUT2D eigenvalue weighted by atomic mass is 32.2. The van der Waals surface area contributed by atoms with Crippen LogP contribution in [0.15, 0.2) is 29.2 Å². The summed E-state index contributed by atoms with van der Waals surface area (Å²) in [7, 11) is -3.72. The molecule has 1 aromatic carbocycles. The van der Waals surface area contributed by atoms with Gasteiger partial charge in [0.1, 0.15) is 0 Å². The van der Waals surface area contributed by atoms with Gasteiger partial charge < -0.3 is 10.1 Å². The average Bonchev–Trinajstić information content (AvgIpc) is 2.96. The van der Waals surface area contributed by atoms with Crippen LogP contribution in [-0.2, 0) is 14.8 Å². The Morgan fingerprint density at radius 3 is 2.62 bits per heavy atom. The van der Waals surface area contributed by atoms with Crippen LogP contribution < -0.4 is 10.5 Å². The first-order chi connectivity index (χ1) is 9.97. The molecule has 0 spiro atoms. The Morgan fingerprint density at radius 1 is 1.33 bits per heavy atom. The molecule has 21 heavy (non-hydrogen) atoms. The molecule has 0 bridgehead atoms. The molecule has 1 aliphatic heterocycles. The monoisotopic (exact) mass is 312 g/mol. The summed E-state index contributed by atoms with van der Waals surface area (Å²) >= 11 is 0. The van der Waals surface area contributed by atoms with Gasteiger partial charge in [-0.2, -0.15) is 0 Å². The van der Waals surface area contributed by atoms with Gasteiger partial charge in [0.15, 0.2) is 0 Å². The molecule has 7 heteroatoms. The zero-order chi connectivity index (χ0) is 15.3. The molecule has 6 nitrogen and oxygen atoms in total. The number of sulfonamides is 1. The number of nitrogens with two attached hydrogens (primary N) is 1. The Bertz CT molecular complexity index is 577. The van der Waals surface area contributed by atoms with Crippen LogP contribution in [0, 0.1) is 5.92 Å². The highest BCUT2D eigenvalue weighted by Crippen LogP contribution is 2.17. The highest BCUT2D eigenvalue weighted by molar-refractivity contribution is 7.89. The predicted molar refractivity (Wildman–Crippen MR) is 78.3 cm³/mol. The van der Waals surface area contributed by atoms with Crippen molar-refractivity contribution in [3.63, 3.8) is 0 Å². The van der Waals surface area contributed by atoms with E-state index in [2.05, 4.69) is 5.32 Å². The van der Waals surface area contributed by atoms with Gasteiger partial charge in [0.05, 0.1) is 4.90 Å². The largest absolute Gasteiger partial charge is 0.381 e. The lowest BCUT2D eigenvalue weighted by molar-refractivity contribution is 0.0952. The van der Waals surface area contributed by atoms with Crippen LogP contribution in [0.25, 0.3) is 0 Å². The van der Waals surface area contributed by atoms with Gasteiger partial charge in [0.25, 0.3) is 5.91 Å². The maximum Gasteiger partial charge on any atom is 0.251 e. The molecule has 0 aliphatic carbocycles. The second-order valence-electron chi connectivity index (χ2n) is 5.20. The second kappa shape index (κ2) is 7.02. The zero-order valence-corrected chi connectivity index (χ0v) is 12.6. The van der Waals surface area contributed by atoms with Crippen molar-refractivity contribution >= 4 is 15.9 Å². The van der Waals surface area contributed by atoms with E-state index in [-0.39, 0.29) is 10.8 Å². The molecule has 1 aromatic rings. The van der Waals surface area contributed by atoms with E-state index in [9.17, 15) is 13.2 Å². The zero-order valence-electron chi connectivity index (χ0n) is 11.7. The quantitative estimate of drug-likeness (QED) is 0.762. The van der Waals surface area contributed by atoms with E-state index in [1.165, 1.54) is 24.3 Å². The Kier molecular flexibility index (Phi) is 5.33. The first kappa shape index (κ1) is 15.9. The number of benzene rings is 1. The number of hydrogen-bond acceptors (Lipinski definition) is 4. The standard InChI is InChI=1S/C14H20N2O4S/c15-21(18,19)13-5-3-12(4-6-13)14(17)16-8-1-2-11-7-9-20-10-11/h3-6,11H,1-2,7-10H2,(H,16,17)(H2,15,18,19)/t11-/m0/s1. The van der Waals surface area contributed by atoms with Crippen molar-refractivity contribution in [3.05, 3.63) is 29.8 Å². The van der Waals surface area contributed by atoms with Crippen LogP contribution in [0.2, 0.25) is 0 Å². The Balaban J connectivity index is 1.77. The number of hydrogen-bond donors (Lipinski definition) is 2. The normalized spacial score (nSPS) is 18.6. The lowest BCUT2D eigenvalue weighted by atomic mass is 10.0. The van der Waals surface area contributed by atoms with E-state index in [0.29, 0.717) is 18.0 Å². The van der Waals surface area contributed by atoms with Gasteiger partial charge in [0, 0.05) is 25.3 Å². The van der Waals surface area contributed by atoms with E-state index in [1.807, 2.05) is 0 Å². The topological polar surface area (TPSA) is 98.5 Å². The minimum absolute atomic E-state index is 0.000262. The third kappa shape index (κ3) is 4.80. The number of primary sulfonamides is 1. The molecule has 116 valence electrons. The van der Waals surface area contributed by atoms with Gasteiger partial charge in [-0.25, -0.2) is 13.6 Å². The summed E-state index contributed by atoms with van der Waals surface area (Å²) in [5.41, 5.74) is 0.423. The van der Waals surface area contributed by atoms with Crippen molar-refractivity contribution in [3.8, 4) is 0 Å². The van der Waals surface area contributed by atoms with E-state index in [0.717, 1.165) is 32.5 Å². The number of carbonyl (C=O) groups is 1. The molecular weight excluding hydrogens is 292 g/mol. The van der Waals surface area contributed by atoms with Crippen molar-refractivity contribution in [1.82, 2.24) is 5.32 Å². The summed E-state index contributed by atoms with van der Waals surface area (Å²) in [6.07, 6.45) is 3.06. The number of nitrogens with one attached hydrogen (secondary N) is 1. The SMILES string of the molecule is NS(=O)(=O)c1ccc(C(=O)NCCC[C@H]2CCOC2)cc1. The third-order valence-corrected chi connectivity index (χ3v) is 4.47. The minimum atomic E-state index is -3.72. The summed E-state index contributed by atoms with van der Waals surface area (Å²) < 4.78 is 27.5. The molecule has 1 aliphatic rings. The lowest BCUT2D eigenvalue weighted by Gasteiger charge is -2.08. The van der Waals surface area contributed by atoms with E-state index < -0.39 is 10.0 Å². The molecule has 2 rings (SSSR count). The molecule has 0 unspecified atom stereocenters. The van der Waals surface area contributed by atoms with Crippen molar-refractivity contribution in [1.29, 1.82) is 0 Å². The van der Waals surface area contributed by atoms with Gasteiger partial charge in [-0.05, 0) is 49.4 Å². The van der Waals surface area contributed by atoms with Gasteiger partial charge in [0.2, 0.25) is 10.0 Å². The summed E-state index contributed by atoms with van der Waals surface area (Å²) in [4.78, 5) is 11.9. The van der Waals surface area contributed by atoms with Crippen LogP contribution >= 0.6 is 0 Å². The second-order valence-corrected chi connectivity index (χ2v) is 6.76. The molecule has 1 amide bonds. The molecular formula is C14H20N2O4S. The summed E-state index contributed by atoms with van der Waals surface area (Å²) in [5, 5.41) is 7.82. The Labute approximate surface area is 124 Å². The van der Waals surface area contributed by atoms with E-state index in [4.69, 9.17) is 9.88 Å². The summed E-state index contributed by atoms with van der Waals surface area (Å²) in [6.45, 7) is 2.27. The maximum atomic E-state index is 11.9. The van der Waals surface area contributed by atoms with Gasteiger partial charge in [-0.3, -0.25) is 4.79 Å².